The van der Waals surface area contributed by atoms with Crippen LogP contribution >= 0.6 is 15.9 Å². The fraction of sp³-hybridized carbons (Fsp3) is 0.444. The van der Waals surface area contributed by atoms with Crippen molar-refractivity contribution in [1.29, 1.82) is 0 Å². The average Bonchev–Trinajstić information content (AvgIpc) is 3.37. The predicted octanol–water partition coefficient (Wildman–Crippen LogP) is 4.83. The van der Waals surface area contributed by atoms with Crippen molar-refractivity contribution in [3.05, 3.63) is 75.3 Å². The maximum absolute atomic E-state index is 13.9. The van der Waals surface area contributed by atoms with Gasteiger partial charge in [0.1, 0.15) is 0 Å². The van der Waals surface area contributed by atoms with Crippen LogP contribution in [0.5, 0.6) is 0 Å². The van der Waals surface area contributed by atoms with Gasteiger partial charge in [-0.1, -0.05) is 58.4 Å². The molecule has 2 fully saturated rings. The van der Waals surface area contributed by atoms with E-state index in [9.17, 15) is 4.79 Å². The molecule has 3 nitrogen and oxygen atoms in total. The van der Waals surface area contributed by atoms with Crippen LogP contribution in [0.3, 0.4) is 0 Å². The SMILES string of the molecule is O=C(C1CNCC12CCCc1cc(Br)ccc12)N1CCC2(C=Cc3ccccc32)CC1. The molecule has 0 bridgehead atoms. The smallest absolute Gasteiger partial charge is 0.227 e. The van der Waals surface area contributed by atoms with E-state index in [0.29, 0.717) is 5.91 Å². The van der Waals surface area contributed by atoms with Crippen LogP contribution in [0.1, 0.15) is 47.9 Å². The molecule has 2 spiro atoms. The number of likely N-dealkylation sites (tertiary alicyclic amines) is 1. The third kappa shape index (κ3) is 2.98. The summed E-state index contributed by atoms with van der Waals surface area (Å²) in [5.74, 6) is 0.416. The van der Waals surface area contributed by atoms with E-state index in [1.807, 2.05) is 0 Å². The van der Waals surface area contributed by atoms with Crippen LogP contribution in [-0.2, 0) is 22.0 Å². The number of hydrogen-bond donors (Lipinski definition) is 1. The molecule has 1 N–H and O–H groups in total. The Bertz CT molecular complexity index is 1070. The fourth-order valence-corrected chi connectivity index (χ4v) is 7.24. The summed E-state index contributed by atoms with van der Waals surface area (Å²) in [7, 11) is 0. The number of aryl methyl sites for hydroxylation is 1. The summed E-state index contributed by atoms with van der Waals surface area (Å²) >= 11 is 3.64. The highest BCUT2D eigenvalue weighted by Crippen LogP contribution is 2.48. The lowest BCUT2D eigenvalue weighted by Crippen LogP contribution is -2.51. The zero-order valence-electron chi connectivity index (χ0n) is 17.9. The number of rotatable bonds is 1. The Balaban J connectivity index is 1.25. The number of amides is 1. The molecule has 0 radical (unpaired) electrons. The molecule has 6 rings (SSSR count). The second-order valence-corrected chi connectivity index (χ2v) is 10.8. The van der Waals surface area contributed by atoms with Crippen LogP contribution < -0.4 is 5.32 Å². The van der Waals surface area contributed by atoms with Gasteiger partial charge in [-0.15, -0.1) is 0 Å². The number of nitrogens with zero attached hydrogens (tertiary/aromatic N) is 1. The maximum atomic E-state index is 13.9. The van der Waals surface area contributed by atoms with Gasteiger partial charge in [0.2, 0.25) is 5.91 Å². The Morgan fingerprint density at radius 1 is 1.06 bits per heavy atom. The highest BCUT2D eigenvalue weighted by molar-refractivity contribution is 9.10. The predicted molar refractivity (Wildman–Crippen MR) is 128 cm³/mol. The lowest BCUT2D eigenvalue weighted by Gasteiger charge is -2.44. The maximum Gasteiger partial charge on any atom is 0.227 e. The van der Waals surface area contributed by atoms with Crippen molar-refractivity contribution in [2.75, 3.05) is 26.2 Å². The molecule has 0 aromatic heterocycles. The van der Waals surface area contributed by atoms with Crippen LogP contribution in [0.25, 0.3) is 6.08 Å². The molecule has 2 aromatic rings. The van der Waals surface area contributed by atoms with Gasteiger partial charge in [0.25, 0.3) is 0 Å². The van der Waals surface area contributed by atoms with Crippen molar-refractivity contribution in [1.82, 2.24) is 10.2 Å². The van der Waals surface area contributed by atoms with Crippen molar-refractivity contribution < 1.29 is 4.79 Å². The molecule has 31 heavy (non-hydrogen) atoms. The molecule has 2 atom stereocenters. The minimum absolute atomic E-state index is 0.0413. The van der Waals surface area contributed by atoms with Crippen LogP contribution in [0.2, 0.25) is 0 Å². The molecule has 2 aromatic carbocycles. The number of piperidine rings is 1. The minimum Gasteiger partial charge on any atom is -0.342 e. The summed E-state index contributed by atoms with van der Waals surface area (Å²) < 4.78 is 1.14. The number of nitrogens with one attached hydrogen (secondary N) is 1. The Morgan fingerprint density at radius 2 is 1.90 bits per heavy atom. The molecule has 4 aliphatic rings. The van der Waals surface area contributed by atoms with E-state index < -0.39 is 0 Å². The van der Waals surface area contributed by atoms with Crippen molar-refractivity contribution in [3.8, 4) is 0 Å². The van der Waals surface area contributed by atoms with Crippen LogP contribution in [0.4, 0.5) is 0 Å². The number of benzene rings is 2. The molecular formula is C27H29BrN2O. The Hall–Kier alpha value is -1.91. The van der Waals surface area contributed by atoms with Crippen molar-refractivity contribution in [2.24, 2.45) is 5.92 Å². The monoisotopic (exact) mass is 476 g/mol. The first-order chi connectivity index (χ1) is 15.1. The van der Waals surface area contributed by atoms with Gasteiger partial charge >= 0.3 is 0 Å². The molecule has 1 amide bonds. The third-order valence-corrected chi connectivity index (χ3v) is 8.97. The quantitative estimate of drug-likeness (QED) is 0.638. The number of carbonyl (C=O) groups is 1. The van der Waals surface area contributed by atoms with E-state index in [2.05, 4.69) is 80.8 Å². The van der Waals surface area contributed by atoms with Gasteiger partial charge < -0.3 is 10.2 Å². The van der Waals surface area contributed by atoms with E-state index in [1.54, 1.807) is 0 Å². The van der Waals surface area contributed by atoms with E-state index in [-0.39, 0.29) is 16.7 Å². The first kappa shape index (κ1) is 19.8. The van der Waals surface area contributed by atoms with Gasteiger partial charge in [0, 0.05) is 41.5 Å². The highest BCUT2D eigenvalue weighted by atomic mass is 79.9. The second-order valence-electron chi connectivity index (χ2n) is 9.90. The van der Waals surface area contributed by atoms with Gasteiger partial charge in [0.15, 0.2) is 0 Å². The number of allylic oxidation sites excluding steroid dienone is 1. The molecule has 2 aliphatic carbocycles. The van der Waals surface area contributed by atoms with Gasteiger partial charge in [-0.2, -0.15) is 0 Å². The first-order valence-corrected chi connectivity index (χ1v) is 12.5. The van der Waals surface area contributed by atoms with Gasteiger partial charge in [-0.25, -0.2) is 0 Å². The highest BCUT2D eigenvalue weighted by Gasteiger charge is 2.51. The third-order valence-electron chi connectivity index (χ3n) is 8.47. The first-order valence-electron chi connectivity index (χ1n) is 11.7. The van der Waals surface area contributed by atoms with E-state index >= 15 is 0 Å². The lowest BCUT2D eigenvalue weighted by atomic mass is 9.64. The molecule has 0 saturated carbocycles. The summed E-state index contributed by atoms with van der Waals surface area (Å²) in [5.41, 5.74) is 5.72. The molecular weight excluding hydrogens is 448 g/mol. The number of hydrogen-bond acceptors (Lipinski definition) is 2. The Kier molecular flexibility index (Phi) is 4.66. The minimum atomic E-state index is -0.0413. The summed E-state index contributed by atoms with van der Waals surface area (Å²) in [6, 6.07) is 15.5. The average molecular weight is 477 g/mol. The summed E-state index contributed by atoms with van der Waals surface area (Å²) in [5, 5.41) is 3.60. The zero-order chi connectivity index (χ0) is 21.1. The number of halogens is 1. The molecule has 2 saturated heterocycles. The molecule has 160 valence electrons. The van der Waals surface area contributed by atoms with Gasteiger partial charge in [-0.05, 0) is 66.5 Å². The lowest BCUT2D eigenvalue weighted by molar-refractivity contribution is -0.138. The molecule has 4 heteroatoms. The number of carbonyl (C=O) groups excluding carboxylic acids is 1. The van der Waals surface area contributed by atoms with Crippen molar-refractivity contribution in [2.45, 2.75) is 42.9 Å². The summed E-state index contributed by atoms with van der Waals surface area (Å²) in [4.78, 5) is 16.0. The zero-order valence-corrected chi connectivity index (χ0v) is 19.5. The Morgan fingerprint density at radius 3 is 2.77 bits per heavy atom. The molecule has 2 unspecified atom stereocenters. The van der Waals surface area contributed by atoms with E-state index in [4.69, 9.17) is 0 Å². The number of fused-ring (bicyclic) bond motifs is 4. The normalized spacial score (nSPS) is 28.2. The standard InChI is InChI=1S/C27H29BrN2O/c28-21-7-8-23-20(16-21)5-3-10-27(23)18-29-17-24(27)25(31)30-14-12-26(13-15-30)11-9-19-4-1-2-6-22(19)26/h1-2,4,6-9,11,16,24,29H,3,5,10,12-15,17-18H2. The fourth-order valence-electron chi connectivity index (χ4n) is 6.83. The van der Waals surface area contributed by atoms with E-state index in [0.717, 1.165) is 56.3 Å². The largest absolute Gasteiger partial charge is 0.342 e. The second kappa shape index (κ2) is 7.31. The summed E-state index contributed by atoms with van der Waals surface area (Å²) in [6.45, 7) is 3.44. The van der Waals surface area contributed by atoms with Gasteiger partial charge in [0.05, 0.1) is 5.92 Å². The Labute approximate surface area is 193 Å². The molecule has 2 aliphatic heterocycles. The van der Waals surface area contributed by atoms with Crippen molar-refractivity contribution in [3.63, 3.8) is 0 Å². The van der Waals surface area contributed by atoms with Gasteiger partial charge in [-0.3, -0.25) is 4.79 Å². The van der Waals surface area contributed by atoms with Crippen LogP contribution in [-0.4, -0.2) is 37.0 Å². The van der Waals surface area contributed by atoms with Crippen molar-refractivity contribution >= 4 is 27.9 Å². The molecule has 2 heterocycles. The van der Waals surface area contributed by atoms with E-state index in [1.165, 1.54) is 28.7 Å². The van der Waals surface area contributed by atoms with Crippen LogP contribution in [0.15, 0.2) is 53.0 Å². The van der Waals surface area contributed by atoms with Crippen LogP contribution in [0, 0.1) is 5.92 Å². The topological polar surface area (TPSA) is 32.3 Å². The summed E-state index contributed by atoms with van der Waals surface area (Å²) in [6.07, 6.45) is 10.1.